The van der Waals surface area contributed by atoms with Crippen molar-refractivity contribution in [2.75, 3.05) is 6.61 Å². The van der Waals surface area contributed by atoms with E-state index in [1.165, 1.54) is 4.88 Å². The third-order valence-electron chi connectivity index (χ3n) is 3.51. The van der Waals surface area contributed by atoms with Crippen LogP contribution >= 0.6 is 11.3 Å². The molecular formula is C17H16O4S. The number of thiophene rings is 1. The number of allylic oxidation sites excluding steroid dienone is 2. The fourth-order valence-corrected chi connectivity index (χ4v) is 3.66. The summed E-state index contributed by atoms with van der Waals surface area (Å²) >= 11 is 1.63. The van der Waals surface area contributed by atoms with Gasteiger partial charge in [0.2, 0.25) is 5.76 Å². The molecule has 114 valence electrons. The number of hydrogen-bond acceptors (Lipinski definition) is 5. The molecule has 1 aliphatic carbocycles. The summed E-state index contributed by atoms with van der Waals surface area (Å²) in [6.45, 7) is 2.13. The van der Waals surface area contributed by atoms with Gasteiger partial charge in [-0.25, -0.2) is 4.79 Å². The Morgan fingerprint density at radius 3 is 3.00 bits per heavy atom. The van der Waals surface area contributed by atoms with E-state index in [0.29, 0.717) is 12.0 Å². The molecule has 0 aromatic carbocycles. The van der Waals surface area contributed by atoms with Gasteiger partial charge in [0, 0.05) is 27.2 Å². The van der Waals surface area contributed by atoms with E-state index in [0.717, 1.165) is 15.3 Å². The van der Waals surface area contributed by atoms with E-state index >= 15 is 0 Å². The normalized spacial score (nSPS) is 20.5. The first kappa shape index (κ1) is 14.8. The van der Waals surface area contributed by atoms with E-state index in [9.17, 15) is 9.90 Å². The Hall–Kier alpha value is -2.11. The number of aryl methyl sites for hydroxylation is 1. The Bertz CT molecular complexity index is 823. The molecule has 1 aliphatic heterocycles. The topological polar surface area (TPSA) is 66.8 Å². The Morgan fingerprint density at radius 1 is 1.41 bits per heavy atom. The van der Waals surface area contributed by atoms with Crippen LogP contribution in [0.4, 0.5) is 0 Å². The van der Waals surface area contributed by atoms with E-state index in [2.05, 4.69) is 0 Å². The van der Waals surface area contributed by atoms with Crippen LogP contribution in [0.25, 0.3) is 11.6 Å². The summed E-state index contributed by atoms with van der Waals surface area (Å²) in [6.07, 6.45) is 9.13. The Kier molecular flexibility index (Phi) is 4.00. The highest BCUT2D eigenvalue weighted by Crippen LogP contribution is 2.31. The van der Waals surface area contributed by atoms with Crippen LogP contribution in [0.2, 0.25) is 0 Å². The van der Waals surface area contributed by atoms with Crippen LogP contribution in [0.1, 0.15) is 11.3 Å². The van der Waals surface area contributed by atoms with Gasteiger partial charge in [-0.1, -0.05) is 18.2 Å². The van der Waals surface area contributed by atoms with Gasteiger partial charge in [0.15, 0.2) is 0 Å². The number of hydrogen-bond donors (Lipinski definition) is 2. The fraction of sp³-hybridized carbons (Fsp3) is 0.235. The molecule has 2 heterocycles. The van der Waals surface area contributed by atoms with Gasteiger partial charge in [-0.05, 0) is 36.8 Å². The van der Waals surface area contributed by atoms with E-state index < -0.39 is 12.1 Å². The number of aliphatic hydroxyl groups is 2. The van der Waals surface area contributed by atoms with Gasteiger partial charge < -0.3 is 14.9 Å². The maximum Gasteiger partial charge on any atom is 0.374 e. The number of esters is 1. The van der Waals surface area contributed by atoms with Crippen LogP contribution in [0, 0.1) is 6.92 Å². The lowest BCUT2D eigenvalue weighted by molar-refractivity contribution is -0.143. The number of cyclic esters (lactones) is 1. The van der Waals surface area contributed by atoms with Gasteiger partial charge >= 0.3 is 5.97 Å². The molecule has 0 bridgehead atoms. The first-order valence-electron chi connectivity index (χ1n) is 7.03. The SMILES string of the molecule is Cc1cc2c(s1)=C1C(=C(O)C(=O)O[C@H]1/C=C/C=C/CCO)C=2. The summed E-state index contributed by atoms with van der Waals surface area (Å²) in [6, 6.07) is 2.04. The van der Waals surface area contributed by atoms with Crippen molar-refractivity contribution in [1.82, 2.24) is 0 Å². The lowest BCUT2D eigenvalue weighted by Gasteiger charge is -2.22. The Balaban J connectivity index is 2.03. The second kappa shape index (κ2) is 5.94. The third-order valence-corrected chi connectivity index (χ3v) is 4.61. The second-order valence-corrected chi connectivity index (χ2v) is 6.37. The van der Waals surface area contributed by atoms with Crippen LogP contribution in [-0.2, 0) is 9.53 Å². The summed E-state index contributed by atoms with van der Waals surface area (Å²) in [7, 11) is 0. The molecule has 0 spiro atoms. The number of rotatable bonds is 4. The largest absolute Gasteiger partial charge is 0.501 e. The zero-order valence-electron chi connectivity index (χ0n) is 12.1. The average Bonchev–Trinajstić information content (AvgIpc) is 3.00. The molecule has 2 aliphatic rings. The molecular weight excluding hydrogens is 300 g/mol. The number of fused-ring (bicyclic) bond motifs is 2. The minimum atomic E-state index is -0.698. The monoisotopic (exact) mass is 316 g/mol. The van der Waals surface area contributed by atoms with Crippen molar-refractivity contribution in [3.63, 3.8) is 0 Å². The molecule has 1 atom stereocenters. The highest BCUT2D eigenvalue weighted by atomic mass is 32.1. The average molecular weight is 316 g/mol. The van der Waals surface area contributed by atoms with Crippen molar-refractivity contribution in [2.45, 2.75) is 19.4 Å². The predicted molar refractivity (Wildman–Crippen MR) is 85.7 cm³/mol. The van der Waals surface area contributed by atoms with E-state index in [-0.39, 0.29) is 12.4 Å². The first-order valence-corrected chi connectivity index (χ1v) is 7.84. The van der Waals surface area contributed by atoms with Crippen molar-refractivity contribution in [2.24, 2.45) is 0 Å². The molecule has 1 aromatic heterocycles. The van der Waals surface area contributed by atoms with Gasteiger partial charge in [-0.2, -0.15) is 0 Å². The molecule has 3 rings (SSSR count). The summed E-state index contributed by atoms with van der Waals surface area (Å²) in [5.74, 6) is -1.02. The Labute approximate surface area is 131 Å². The maximum absolute atomic E-state index is 11.8. The van der Waals surface area contributed by atoms with Crippen LogP contribution < -0.4 is 9.75 Å². The van der Waals surface area contributed by atoms with Crippen molar-refractivity contribution in [1.29, 1.82) is 0 Å². The van der Waals surface area contributed by atoms with Crippen molar-refractivity contribution in [3.8, 4) is 0 Å². The van der Waals surface area contributed by atoms with Crippen LogP contribution in [0.3, 0.4) is 0 Å². The molecule has 22 heavy (non-hydrogen) atoms. The van der Waals surface area contributed by atoms with Crippen LogP contribution in [0.5, 0.6) is 0 Å². The molecule has 4 nitrogen and oxygen atoms in total. The molecule has 0 amide bonds. The number of carbonyl (C=O) groups is 1. The zero-order valence-corrected chi connectivity index (χ0v) is 12.9. The number of carbonyl (C=O) groups excluding carboxylic acids is 1. The predicted octanol–water partition coefficient (Wildman–Crippen LogP) is 1.23. The number of aliphatic hydroxyl groups excluding tert-OH is 2. The standard InChI is InChI=1S/C17H16O4S/c1-10-8-11-9-12-14(16(11)22-10)13(21-17(20)15(12)19)6-4-2-3-5-7-18/h2-4,6,8-9,13,18-19H,5,7H2,1H3/b3-2+,6-4+/t13-/m0/s1. The molecule has 5 heteroatoms. The molecule has 0 unspecified atom stereocenters. The zero-order chi connectivity index (χ0) is 15.7. The smallest absolute Gasteiger partial charge is 0.374 e. The summed E-state index contributed by atoms with van der Waals surface area (Å²) in [5.41, 5.74) is 1.41. The molecule has 0 saturated carbocycles. The van der Waals surface area contributed by atoms with E-state index in [4.69, 9.17) is 9.84 Å². The van der Waals surface area contributed by atoms with Crippen LogP contribution in [-0.4, -0.2) is 28.9 Å². The van der Waals surface area contributed by atoms with Crippen molar-refractivity contribution < 1.29 is 19.7 Å². The maximum atomic E-state index is 11.8. The summed E-state index contributed by atoms with van der Waals surface area (Å²) < 4.78 is 6.36. The minimum absolute atomic E-state index is 0.105. The second-order valence-electron chi connectivity index (χ2n) is 5.11. The van der Waals surface area contributed by atoms with Gasteiger partial charge in [-0.15, -0.1) is 11.3 Å². The molecule has 2 N–H and O–H groups in total. The first-order chi connectivity index (χ1) is 10.6. The Morgan fingerprint density at radius 2 is 2.23 bits per heavy atom. The number of ether oxygens (including phenoxy) is 1. The highest BCUT2D eigenvalue weighted by Gasteiger charge is 2.34. The quantitative estimate of drug-likeness (QED) is 0.648. The van der Waals surface area contributed by atoms with Gasteiger partial charge in [0.05, 0.1) is 0 Å². The summed E-state index contributed by atoms with van der Waals surface area (Å²) in [4.78, 5) is 13.0. The van der Waals surface area contributed by atoms with Crippen molar-refractivity contribution >= 4 is 29.0 Å². The lowest BCUT2D eigenvalue weighted by Crippen LogP contribution is -2.29. The van der Waals surface area contributed by atoms with Gasteiger partial charge in [0.1, 0.15) is 6.10 Å². The fourth-order valence-electron chi connectivity index (χ4n) is 2.58. The van der Waals surface area contributed by atoms with Crippen molar-refractivity contribution in [3.05, 3.63) is 56.3 Å². The van der Waals surface area contributed by atoms with Gasteiger partial charge in [-0.3, -0.25) is 0 Å². The third kappa shape index (κ3) is 2.53. The van der Waals surface area contributed by atoms with E-state index in [1.54, 1.807) is 23.5 Å². The molecule has 0 saturated heterocycles. The van der Waals surface area contributed by atoms with Crippen LogP contribution in [0.15, 0.2) is 41.7 Å². The molecule has 0 fully saturated rings. The molecule has 0 radical (unpaired) electrons. The lowest BCUT2D eigenvalue weighted by atomic mass is 9.99. The van der Waals surface area contributed by atoms with E-state index in [1.807, 2.05) is 31.2 Å². The highest BCUT2D eigenvalue weighted by molar-refractivity contribution is 7.10. The summed E-state index contributed by atoms with van der Waals surface area (Å²) in [5, 5.41) is 19.7. The van der Waals surface area contributed by atoms with Gasteiger partial charge in [0.25, 0.3) is 0 Å². The minimum Gasteiger partial charge on any atom is -0.501 e. The molecule has 1 aromatic rings.